The summed E-state index contributed by atoms with van der Waals surface area (Å²) in [5, 5.41) is 4.22. The molecule has 3 nitrogen and oxygen atoms in total. The van der Waals surface area contributed by atoms with Gasteiger partial charge in [-0.15, -0.1) is 0 Å². The molecule has 0 fully saturated rings. The van der Waals surface area contributed by atoms with Crippen molar-refractivity contribution in [2.45, 2.75) is 13.3 Å². The largest absolute Gasteiger partial charge is 0.319 e. The van der Waals surface area contributed by atoms with Crippen LogP contribution in [0.3, 0.4) is 0 Å². The van der Waals surface area contributed by atoms with Crippen LogP contribution in [-0.4, -0.2) is 23.6 Å². The summed E-state index contributed by atoms with van der Waals surface area (Å²) in [5.41, 5.74) is 2.05. The molecule has 0 atom stereocenters. The molecule has 0 bridgehead atoms. The fraction of sp³-hybridized carbons (Fsp3) is 0.333. The first-order chi connectivity index (χ1) is 7.70. The number of nitrogens with zero attached hydrogens (tertiary/aromatic N) is 2. The van der Waals surface area contributed by atoms with Crippen LogP contribution in [0.1, 0.15) is 11.5 Å². The van der Waals surface area contributed by atoms with Crippen molar-refractivity contribution in [2.24, 2.45) is 0 Å². The molecule has 4 heteroatoms. The van der Waals surface area contributed by atoms with Crippen LogP contribution in [-0.2, 0) is 6.42 Å². The normalized spacial score (nSPS) is 10.9. The Morgan fingerprint density at radius 3 is 2.88 bits per heavy atom. The highest BCUT2D eigenvalue weighted by Gasteiger charge is 2.04. The average Bonchev–Trinajstić information content (AvgIpc) is 2.27. The van der Waals surface area contributed by atoms with Crippen molar-refractivity contribution in [2.75, 3.05) is 13.6 Å². The molecule has 0 unspecified atom stereocenters. The van der Waals surface area contributed by atoms with E-state index in [2.05, 4.69) is 37.3 Å². The Morgan fingerprint density at radius 2 is 2.12 bits per heavy atom. The van der Waals surface area contributed by atoms with Gasteiger partial charge in [0.05, 0.1) is 5.52 Å². The lowest BCUT2D eigenvalue weighted by Crippen LogP contribution is -2.12. The molecular weight excluding hydrogens is 266 g/mol. The van der Waals surface area contributed by atoms with Crippen LogP contribution in [0.5, 0.6) is 0 Å². The minimum Gasteiger partial charge on any atom is -0.319 e. The van der Waals surface area contributed by atoms with E-state index in [0.29, 0.717) is 0 Å². The van der Waals surface area contributed by atoms with Gasteiger partial charge in [-0.25, -0.2) is 9.97 Å². The molecule has 0 saturated heterocycles. The van der Waals surface area contributed by atoms with Crippen molar-refractivity contribution in [1.29, 1.82) is 0 Å². The van der Waals surface area contributed by atoms with Gasteiger partial charge >= 0.3 is 0 Å². The molecule has 1 aromatic heterocycles. The van der Waals surface area contributed by atoms with Crippen LogP contribution in [0.2, 0.25) is 0 Å². The van der Waals surface area contributed by atoms with E-state index < -0.39 is 0 Å². The van der Waals surface area contributed by atoms with Gasteiger partial charge in [0.2, 0.25) is 0 Å². The summed E-state index contributed by atoms with van der Waals surface area (Å²) in [7, 11) is 1.94. The number of hydrogen-bond acceptors (Lipinski definition) is 3. The fourth-order valence-corrected chi connectivity index (χ4v) is 2.02. The van der Waals surface area contributed by atoms with Gasteiger partial charge in [-0.1, -0.05) is 15.9 Å². The SMILES string of the molecule is CNCCc1nc(C)c2cc(Br)ccc2n1. The number of hydrogen-bond donors (Lipinski definition) is 1. The van der Waals surface area contributed by atoms with Crippen LogP contribution in [0.25, 0.3) is 10.9 Å². The second-order valence-electron chi connectivity index (χ2n) is 3.74. The van der Waals surface area contributed by atoms with Crippen LogP contribution >= 0.6 is 15.9 Å². The van der Waals surface area contributed by atoms with Gasteiger partial charge in [0.25, 0.3) is 0 Å². The Bertz CT molecular complexity index is 511. The van der Waals surface area contributed by atoms with Crippen LogP contribution in [0.4, 0.5) is 0 Å². The maximum Gasteiger partial charge on any atom is 0.130 e. The van der Waals surface area contributed by atoms with Gasteiger partial charge in [-0.2, -0.15) is 0 Å². The first kappa shape index (κ1) is 11.5. The topological polar surface area (TPSA) is 37.8 Å². The Morgan fingerprint density at radius 1 is 1.31 bits per heavy atom. The summed E-state index contributed by atoms with van der Waals surface area (Å²) in [5.74, 6) is 0.904. The molecule has 1 aromatic carbocycles. The number of aromatic nitrogens is 2. The molecule has 0 saturated carbocycles. The fourth-order valence-electron chi connectivity index (χ4n) is 1.66. The molecule has 2 aromatic rings. The molecule has 2 rings (SSSR count). The lowest BCUT2D eigenvalue weighted by Gasteiger charge is -2.05. The van der Waals surface area contributed by atoms with Crippen molar-refractivity contribution < 1.29 is 0 Å². The highest BCUT2D eigenvalue weighted by atomic mass is 79.9. The third-order valence-electron chi connectivity index (χ3n) is 2.49. The summed E-state index contributed by atoms with van der Waals surface area (Å²) >= 11 is 3.46. The van der Waals surface area contributed by atoms with Crippen molar-refractivity contribution in [3.05, 3.63) is 34.2 Å². The molecule has 16 heavy (non-hydrogen) atoms. The predicted molar refractivity (Wildman–Crippen MR) is 69.6 cm³/mol. The molecule has 0 aliphatic heterocycles. The molecule has 0 radical (unpaired) electrons. The van der Waals surface area contributed by atoms with Crippen molar-refractivity contribution in [3.63, 3.8) is 0 Å². The minimum absolute atomic E-state index is 0.864. The van der Waals surface area contributed by atoms with Crippen LogP contribution < -0.4 is 5.32 Å². The number of halogens is 1. The zero-order valence-corrected chi connectivity index (χ0v) is 11.0. The lowest BCUT2D eigenvalue weighted by atomic mass is 10.2. The third kappa shape index (κ3) is 2.39. The smallest absolute Gasteiger partial charge is 0.130 e. The molecule has 1 heterocycles. The summed E-state index contributed by atoms with van der Waals surface area (Å²) in [6.07, 6.45) is 0.864. The van der Waals surface area contributed by atoms with Gasteiger partial charge in [0, 0.05) is 28.5 Å². The Hall–Kier alpha value is -1.00. The van der Waals surface area contributed by atoms with Gasteiger partial charge < -0.3 is 5.32 Å². The second kappa shape index (κ2) is 4.89. The van der Waals surface area contributed by atoms with Crippen molar-refractivity contribution in [1.82, 2.24) is 15.3 Å². The standard InChI is InChI=1S/C12H14BrN3/c1-8-10-7-9(13)3-4-11(10)16-12(15-8)5-6-14-2/h3-4,7,14H,5-6H2,1-2H3. The number of rotatable bonds is 3. The molecule has 0 amide bonds. The van der Waals surface area contributed by atoms with Gasteiger partial charge in [0.15, 0.2) is 0 Å². The van der Waals surface area contributed by atoms with E-state index in [1.165, 1.54) is 0 Å². The molecule has 1 N–H and O–H groups in total. The summed E-state index contributed by atoms with van der Waals surface area (Å²) < 4.78 is 1.06. The van der Waals surface area contributed by atoms with Gasteiger partial charge in [0.1, 0.15) is 5.82 Å². The highest BCUT2D eigenvalue weighted by molar-refractivity contribution is 9.10. The Kier molecular flexibility index (Phi) is 3.51. The second-order valence-corrected chi connectivity index (χ2v) is 4.66. The van der Waals surface area contributed by atoms with Gasteiger partial charge in [-0.05, 0) is 32.2 Å². The lowest BCUT2D eigenvalue weighted by molar-refractivity contribution is 0.756. The van der Waals surface area contributed by atoms with Crippen LogP contribution in [0, 0.1) is 6.92 Å². The number of benzene rings is 1. The zero-order chi connectivity index (χ0) is 11.5. The predicted octanol–water partition coefficient (Wildman–Crippen LogP) is 2.46. The zero-order valence-electron chi connectivity index (χ0n) is 9.42. The monoisotopic (exact) mass is 279 g/mol. The summed E-state index contributed by atoms with van der Waals surface area (Å²) in [6, 6.07) is 6.10. The van der Waals surface area contributed by atoms with E-state index in [-0.39, 0.29) is 0 Å². The summed E-state index contributed by atoms with van der Waals surface area (Å²) in [4.78, 5) is 9.05. The van der Waals surface area contributed by atoms with E-state index in [4.69, 9.17) is 0 Å². The Labute approximate surface area is 103 Å². The molecular formula is C12H14BrN3. The number of likely N-dealkylation sites (N-methyl/N-ethyl adjacent to an activating group) is 1. The van der Waals surface area contributed by atoms with Crippen molar-refractivity contribution in [3.8, 4) is 0 Å². The summed E-state index contributed by atoms with van der Waals surface area (Å²) in [6.45, 7) is 2.93. The maximum absolute atomic E-state index is 4.54. The molecule has 0 spiro atoms. The first-order valence-corrected chi connectivity index (χ1v) is 6.07. The van der Waals surface area contributed by atoms with E-state index in [1.807, 2.05) is 26.1 Å². The van der Waals surface area contributed by atoms with E-state index in [9.17, 15) is 0 Å². The quantitative estimate of drug-likeness (QED) is 0.938. The van der Waals surface area contributed by atoms with Gasteiger partial charge in [-0.3, -0.25) is 0 Å². The average molecular weight is 280 g/mol. The first-order valence-electron chi connectivity index (χ1n) is 5.28. The maximum atomic E-state index is 4.54. The molecule has 0 aliphatic rings. The van der Waals surface area contributed by atoms with Crippen molar-refractivity contribution >= 4 is 26.8 Å². The highest BCUT2D eigenvalue weighted by Crippen LogP contribution is 2.20. The van der Waals surface area contributed by atoms with E-state index >= 15 is 0 Å². The molecule has 84 valence electrons. The van der Waals surface area contributed by atoms with E-state index in [1.54, 1.807) is 0 Å². The minimum atomic E-state index is 0.864. The van der Waals surface area contributed by atoms with E-state index in [0.717, 1.165) is 39.9 Å². The number of nitrogens with one attached hydrogen (secondary N) is 1. The number of aryl methyl sites for hydroxylation is 1. The van der Waals surface area contributed by atoms with Crippen LogP contribution in [0.15, 0.2) is 22.7 Å². The number of fused-ring (bicyclic) bond motifs is 1. The Balaban J connectivity index is 2.46. The third-order valence-corrected chi connectivity index (χ3v) is 2.99. The molecule has 0 aliphatic carbocycles.